The molecule has 20 heavy (non-hydrogen) atoms. The van der Waals surface area contributed by atoms with Crippen molar-refractivity contribution >= 4 is 11.8 Å². The van der Waals surface area contributed by atoms with Crippen molar-refractivity contribution in [1.82, 2.24) is 10.3 Å². The van der Waals surface area contributed by atoms with E-state index in [-0.39, 0.29) is 5.97 Å². The highest BCUT2D eigenvalue weighted by Crippen LogP contribution is 2.17. The molecule has 1 aliphatic heterocycles. The molecule has 110 valence electrons. The fourth-order valence-corrected chi connectivity index (χ4v) is 2.55. The summed E-state index contributed by atoms with van der Waals surface area (Å²) in [5.74, 6) is 1.36. The normalized spacial score (nSPS) is 18.0. The fraction of sp³-hybridized carbons (Fsp3) is 0.600. The number of anilines is 1. The van der Waals surface area contributed by atoms with E-state index >= 15 is 0 Å². The molecule has 5 heteroatoms. The third-order valence-electron chi connectivity index (χ3n) is 3.84. The van der Waals surface area contributed by atoms with Crippen LogP contribution in [0.5, 0.6) is 0 Å². The Labute approximate surface area is 120 Å². The third kappa shape index (κ3) is 3.70. The van der Waals surface area contributed by atoms with Crippen LogP contribution in [-0.2, 0) is 4.74 Å². The van der Waals surface area contributed by atoms with Crippen molar-refractivity contribution in [3.8, 4) is 0 Å². The second kappa shape index (κ2) is 7.24. The first-order valence-corrected chi connectivity index (χ1v) is 7.24. The van der Waals surface area contributed by atoms with Gasteiger partial charge in [-0.05, 0) is 50.9 Å². The van der Waals surface area contributed by atoms with Crippen LogP contribution in [-0.4, -0.2) is 44.2 Å². The lowest BCUT2D eigenvalue weighted by Crippen LogP contribution is -2.27. The van der Waals surface area contributed by atoms with Gasteiger partial charge >= 0.3 is 5.97 Å². The van der Waals surface area contributed by atoms with Crippen LogP contribution in [0.15, 0.2) is 18.3 Å². The number of nitrogens with zero attached hydrogens (tertiary/aromatic N) is 2. The predicted octanol–water partition coefficient (Wildman–Crippen LogP) is 1.69. The summed E-state index contributed by atoms with van der Waals surface area (Å²) >= 11 is 0. The molecule has 1 fully saturated rings. The molecule has 0 amide bonds. The van der Waals surface area contributed by atoms with Gasteiger partial charge < -0.3 is 15.0 Å². The van der Waals surface area contributed by atoms with Crippen molar-refractivity contribution in [2.75, 3.05) is 38.2 Å². The Kier molecular flexibility index (Phi) is 5.35. The van der Waals surface area contributed by atoms with Gasteiger partial charge in [0.15, 0.2) is 0 Å². The topological polar surface area (TPSA) is 54.5 Å². The van der Waals surface area contributed by atoms with Crippen LogP contribution >= 0.6 is 0 Å². The van der Waals surface area contributed by atoms with Gasteiger partial charge in [-0.3, -0.25) is 0 Å². The van der Waals surface area contributed by atoms with E-state index in [0.29, 0.717) is 5.56 Å². The molecule has 0 saturated carbocycles. The number of ether oxygens (including phenoxy) is 1. The van der Waals surface area contributed by atoms with E-state index in [0.717, 1.165) is 37.9 Å². The first-order valence-electron chi connectivity index (χ1n) is 7.24. The van der Waals surface area contributed by atoms with Crippen LogP contribution in [0.3, 0.4) is 0 Å². The van der Waals surface area contributed by atoms with Gasteiger partial charge in [0.25, 0.3) is 0 Å². The van der Waals surface area contributed by atoms with Gasteiger partial charge in [0.2, 0.25) is 0 Å². The van der Waals surface area contributed by atoms with Crippen LogP contribution < -0.4 is 10.2 Å². The van der Waals surface area contributed by atoms with Gasteiger partial charge in [-0.15, -0.1) is 0 Å². The molecular formula is C15H23N3O2. The number of nitrogens with one attached hydrogen (secondary N) is 1. The zero-order valence-electron chi connectivity index (χ0n) is 12.3. The molecule has 1 aromatic heterocycles. The van der Waals surface area contributed by atoms with Crippen LogP contribution in [0.25, 0.3) is 0 Å². The van der Waals surface area contributed by atoms with Crippen LogP contribution in [0, 0.1) is 5.92 Å². The molecule has 2 heterocycles. The summed E-state index contributed by atoms with van der Waals surface area (Å²) in [7, 11) is 1.38. The Morgan fingerprint density at radius 3 is 2.95 bits per heavy atom. The summed E-state index contributed by atoms with van der Waals surface area (Å²) in [6.07, 6.45) is 4.04. The minimum atomic E-state index is -0.343. The van der Waals surface area contributed by atoms with E-state index in [1.807, 2.05) is 6.07 Å². The monoisotopic (exact) mass is 277 g/mol. The van der Waals surface area contributed by atoms with Crippen LogP contribution in [0.1, 0.15) is 30.1 Å². The van der Waals surface area contributed by atoms with Crippen LogP contribution in [0.4, 0.5) is 5.82 Å². The predicted molar refractivity (Wildman–Crippen MR) is 79.1 cm³/mol. The number of rotatable bonds is 6. The SMILES string of the molecule is CCN(CCC1CCNC1)c1ccc(C(=O)OC)cn1. The average Bonchev–Trinajstić information content (AvgIpc) is 3.01. The molecule has 5 nitrogen and oxygen atoms in total. The van der Waals surface area contributed by atoms with Crippen molar-refractivity contribution in [3.63, 3.8) is 0 Å². The lowest BCUT2D eigenvalue weighted by molar-refractivity contribution is 0.0600. The van der Waals surface area contributed by atoms with Gasteiger partial charge in [-0.1, -0.05) is 0 Å². The van der Waals surface area contributed by atoms with E-state index in [9.17, 15) is 4.79 Å². The van der Waals surface area contributed by atoms with Crippen LogP contribution in [0.2, 0.25) is 0 Å². The molecule has 1 saturated heterocycles. The number of carbonyl (C=O) groups excluding carboxylic acids is 1. The number of pyridine rings is 1. The number of esters is 1. The molecule has 0 radical (unpaired) electrons. The number of hydrogen-bond acceptors (Lipinski definition) is 5. The maximum absolute atomic E-state index is 11.4. The Balaban J connectivity index is 1.94. The molecule has 0 aromatic carbocycles. The summed E-state index contributed by atoms with van der Waals surface area (Å²) in [6, 6.07) is 3.66. The van der Waals surface area contributed by atoms with Gasteiger partial charge in [-0.2, -0.15) is 0 Å². The first-order chi connectivity index (χ1) is 9.74. The standard InChI is InChI=1S/C15H23N3O2/c1-3-18(9-7-12-6-8-16-10-12)14-5-4-13(11-17-14)15(19)20-2/h4-5,11-12,16H,3,6-10H2,1-2H3. The summed E-state index contributed by atoms with van der Waals surface area (Å²) in [4.78, 5) is 18.0. The molecule has 1 atom stereocenters. The number of aromatic nitrogens is 1. The number of carbonyl (C=O) groups is 1. The Morgan fingerprint density at radius 2 is 2.40 bits per heavy atom. The lowest BCUT2D eigenvalue weighted by Gasteiger charge is -2.23. The highest BCUT2D eigenvalue weighted by atomic mass is 16.5. The first kappa shape index (κ1) is 14.8. The fourth-order valence-electron chi connectivity index (χ4n) is 2.55. The summed E-state index contributed by atoms with van der Waals surface area (Å²) < 4.78 is 4.68. The molecule has 2 rings (SSSR count). The highest BCUT2D eigenvalue weighted by Gasteiger charge is 2.16. The molecule has 0 aliphatic carbocycles. The van der Waals surface area contributed by atoms with E-state index in [1.54, 1.807) is 12.3 Å². The molecule has 1 aromatic rings. The Morgan fingerprint density at radius 1 is 1.55 bits per heavy atom. The van der Waals surface area contributed by atoms with Gasteiger partial charge in [-0.25, -0.2) is 9.78 Å². The van der Waals surface area contributed by atoms with Crippen molar-refractivity contribution in [1.29, 1.82) is 0 Å². The average molecular weight is 277 g/mol. The zero-order valence-corrected chi connectivity index (χ0v) is 12.3. The summed E-state index contributed by atoms with van der Waals surface area (Å²) in [5.41, 5.74) is 0.493. The molecule has 0 spiro atoms. The summed E-state index contributed by atoms with van der Waals surface area (Å²) in [5, 5.41) is 3.39. The largest absolute Gasteiger partial charge is 0.465 e. The molecule has 1 aliphatic rings. The van der Waals surface area contributed by atoms with Crippen molar-refractivity contribution < 1.29 is 9.53 Å². The maximum atomic E-state index is 11.4. The zero-order chi connectivity index (χ0) is 14.4. The molecular weight excluding hydrogens is 254 g/mol. The Bertz CT molecular complexity index is 427. The van der Waals surface area contributed by atoms with E-state index in [1.165, 1.54) is 20.0 Å². The van der Waals surface area contributed by atoms with Crippen molar-refractivity contribution in [2.24, 2.45) is 5.92 Å². The van der Waals surface area contributed by atoms with Gasteiger partial charge in [0.1, 0.15) is 5.82 Å². The summed E-state index contributed by atoms with van der Waals surface area (Å²) in [6.45, 7) is 6.33. The second-order valence-corrected chi connectivity index (χ2v) is 5.12. The maximum Gasteiger partial charge on any atom is 0.339 e. The van der Waals surface area contributed by atoms with Gasteiger partial charge in [0, 0.05) is 19.3 Å². The van der Waals surface area contributed by atoms with Crippen molar-refractivity contribution in [2.45, 2.75) is 19.8 Å². The highest BCUT2D eigenvalue weighted by molar-refractivity contribution is 5.89. The third-order valence-corrected chi connectivity index (χ3v) is 3.84. The number of methoxy groups -OCH3 is 1. The smallest absolute Gasteiger partial charge is 0.339 e. The Hall–Kier alpha value is -1.62. The van der Waals surface area contributed by atoms with E-state index in [4.69, 9.17) is 0 Å². The van der Waals surface area contributed by atoms with E-state index in [2.05, 4.69) is 26.9 Å². The minimum Gasteiger partial charge on any atom is -0.465 e. The number of hydrogen-bond donors (Lipinski definition) is 1. The quantitative estimate of drug-likeness (QED) is 0.802. The molecule has 1 unspecified atom stereocenters. The molecule has 1 N–H and O–H groups in total. The van der Waals surface area contributed by atoms with Gasteiger partial charge in [0.05, 0.1) is 12.7 Å². The lowest BCUT2D eigenvalue weighted by atomic mass is 10.0. The minimum absolute atomic E-state index is 0.343. The van der Waals surface area contributed by atoms with E-state index < -0.39 is 0 Å². The van der Waals surface area contributed by atoms with Crippen molar-refractivity contribution in [3.05, 3.63) is 23.9 Å². The molecule has 0 bridgehead atoms. The second-order valence-electron chi connectivity index (χ2n) is 5.12.